The molecule has 0 aromatic rings. The van der Waals surface area contributed by atoms with E-state index in [0.29, 0.717) is 0 Å². The molecular weight excluding hydrogens is 224 g/mol. The molecule has 0 aromatic carbocycles. The summed E-state index contributed by atoms with van der Waals surface area (Å²) in [7, 11) is 0. The topological polar surface area (TPSA) is 86.7 Å². The molecule has 1 saturated carbocycles. The van der Waals surface area contributed by atoms with Gasteiger partial charge in [0.1, 0.15) is 6.54 Å². The van der Waals surface area contributed by atoms with Gasteiger partial charge in [0.2, 0.25) is 5.91 Å². The number of hydrogen-bond donors (Lipinski definition) is 2. The van der Waals surface area contributed by atoms with Crippen LogP contribution in [0.15, 0.2) is 0 Å². The lowest BCUT2D eigenvalue weighted by molar-refractivity contribution is -0.141. The SMILES string of the molecule is CC(=O)N(CC(=O)O)C(=O)NC1CCCCC1. The van der Waals surface area contributed by atoms with Crippen molar-refractivity contribution in [2.45, 2.75) is 45.1 Å². The quantitative estimate of drug-likeness (QED) is 0.771. The van der Waals surface area contributed by atoms with Gasteiger partial charge in [-0.05, 0) is 12.8 Å². The van der Waals surface area contributed by atoms with Gasteiger partial charge < -0.3 is 10.4 Å². The summed E-state index contributed by atoms with van der Waals surface area (Å²) in [5.74, 6) is -1.75. The van der Waals surface area contributed by atoms with Gasteiger partial charge in [0.05, 0.1) is 0 Å². The molecule has 1 rings (SSSR count). The highest BCUT2D eigenvalue weighted by atomic mass is 16.4. The monoisotopic (exact) mass is 242 g/mol. The van der Waals surface area contributed by atoms with E-state index in [0.717, 1.165) is 37.0 Å². The van der Waals surface area contributed by atoms with Crippen molar-refractivity contribution in [1.29, 1.82) is 0 Å². The van der Waals surface area contributed by atoms with E-state index in [-0.39, 0.29) is 6.04 Å². The van der Waals surface area contributed by atoms with Crippen molar-refractivity contribution in [3.05, 3.63) is 0 Å². The molecule has 0 aromatic heterocycles. The van der Waals surface area contributed by atoms with Crippen molar-refractivity contribution in [2.75, 3.05) is 6.54 Å². The molecule has 1 aliphatic carbocycles. The predicted molar refractivity (Wildman–Crippen MR) is 60.4 cm³/mol. The van der Waals surface area contributed by atoms with Crippen molar-refractivity contribution >= 4 is 17.9 Å². The molecule has 0 atom stereocenters. The number of carboxylic acid groups (broad SMARTS) is 1. The Morgan fingerprint density at radius 2 is 1.82 bits per heavy atom. The zero-order valence-corrected chi connectivity index (χ0v) is 9.94. The summed E-state index contributed by atoms with van der Waals surface area (Å²) in [5.41, 5.74) is 0. The minimum atomic E-state index is -1.20. The van der Waals surface area contributed by atoms with E-state index in [1.165, 1.54) is 6.92 Å². The number of nitrogens with one attached hydrogen (secondary N) is 1. The van der Waals surface area contributed by atoms with Crippen LogP contribution in [-0.4, -0.2) is 40.5 Å². The fourth-order valence-corrected chi connectivity index (χ4v) is 1.96. The molecule has 3 amide bonds. The lowest BCUT2D eigenvalue weighted by atomic mass is 9.96. The maximum absolute atomic E-state index is 11.7. The molecule has 17 heavy (non-hydrogen) atoms. The molecule has 0 bridgehead atoms. The predicted octanol–water partition coefficient (Wildman–Crippen LogP) is 0.962. The molecule has 6 heteroatoms. The maximum Gasteiger partial charge on any atom is 0.324 e. The van der Waals surface area contributed by atoms with Gasteiger partial charge in [-0.2, -0.15) is 0 Å². The highest BCUT2D eigenvalue weighted by Crippen LogP contribution is 2.17. The largest absolute Gasteiger partial charge is 0.480 e. The number of urea groups is 1. The first kappa shape index (κ1) is 13.5. The van der Waals surface area contributed by atoms with Crippen LogP contribution in [0.1, 0.15) is 39.0 Å². The maximum atomic E-state index is 11.7. The van der Waals surface area contributed by atoms with Crippen LogP contribution in [0.25, 0.3) is 0 Å². The third-order valence-electron chi connectivity index (χ3n) is 2.85. The second-order valence-electron chi connectivity index (χ2n) is 4.28. The van der Waals surface area contributed by atoms with Crippen LogP contribution in [0.2, 0.25) is 0 Å². The molecule has 1 fully saturated rings. The number of carboxylic acids is 1. The van der Waals surface area contributed by atoms with E-state index in [9.17, 15) is 14.4 Å². The summed E-state index contributed by atoms with van der Waals surface area (Å²) in [4.78, 5) is 34.1. The Bertz CT molecular complexity index is 311. The summed E-state index contributed by atoms with van der Waals surface area (Å²) in [6.45, 7) is 0.595. The molecular formula is C11H18N2O4. The Morgan fingerprint density at radius 1 is 1.24 bits per heavy atom. The summed E-state index contributed by atoms with van der Waals surface area (Å²) in [5, 5.41) is 11.3. The van der Waals surface area contributed by atoms with Crippen LogP contribution >= 0.6 is 0 Å². The first-order valence-corrected chi connectivity index (χ1v) is 5.81. The van der Waals surface area contributed by atoms with Crippen LogP contribution in [0.4, 0.5) is 4.79 Å². The van der Waals surface area contributed by atoms with Gasteiger partial charge in [0, 0.05) is 13.0 Å². The summed E-state index contributed by atoms with van der Waals surface area (Å²) >= 11 is 0. The van der Waals surface area contributed by atoms with Gasteiger partial charge in [-0.1, -0.05) is 19.3 Å². The third kappa shape index (κ3) is 4.42. The number of carbonyl (C=O) groups is 3. The fraction of sp³-hybridized carbons (Fsp3) is 0.727. The van der Waals surface area contributed by atoms with E-state index in [4.69, 9.17) is 5.11 Å². The van der Waals surface area contributed by atoms with Crippen molar-refractivity contribution in [1.82, 2.24) is 10.2 Å². The Morgan fingerprint density at radius 3 is 2.29 bits per heavy atom. The first-order chi connectivity index (χ1) is 8.00. The normalized spacial score (nSPS) is 16.3. The smallest absolute Gasteiger partial charge is 0.324 e. The molecule has 2 N–H and O–H groups in total. The second kappa shape index (κ2) is 6.22. The Labute approximate surface area is 100.0 Å². The zero-order chi connectivity index (χ0) is 12.8. The van der Waals surface area contributed by atoms with Gasteiger partial charge >= 0.3 is 12.0 Å². The van der Waals surface area contributed by atoms with E-state index >= 15 is 0 Å². The van der Waals surface area contributed by atoms with Gasteiger partial charge in [0.25, 0.3) is 0 Å². The van der Waals surface area contributed by atoms with E-state index in [2.05, 4.69) is 5.32 Å². The first-order valence-electron chi connectivity index (χ1n) is 5.81. The van der Waals surface area contributed by atoms with Crippen molar-refractivity contribution in [2.24, 2.45) is 0 Å². The zero-order valence-electron chi connectivity index (χ0n) is 9.94. The van der Waals surface area contributed by atoms with Gasteiger partial charge in [-0.3, -0.25) is 14.5 Å². The summed E-state index contributed by atoms with van der Waals surface area (Å²) in [6.07, 6.45) is 5.07. The van der Waals surface area contributed by atoms with Crippen LogP contribution < -0.4 is 5.32 Å². The molecule has 96 valence electrons. The van der Waals surface area contributed by atoms with Gasteiger partial charge in [-0.25, -0.2) is 4.79 Å². The van der Waals surface area contributed by atoms with Crippen molar-refractivity contribution in [3.63, 3.8) is 0 Å². The Balaban J connectivity index is 2.52. The average molecular weight is 242 g/mol. The molecule has 0 heterocycles. The molecule has 6 nitrogen and oxygen atoms in total. The lowest BCUT2D eigenvalue weighted by Crippen LogP contribution is -2.49. The minimum Gasteiger partial charge on any atom is -0.480 e. The highest BCUT2D eigenvalue weighted by Gasteiger charge is 2.24. The molecule has 0 aliphatic heterocycles. The van der Waals surface area contributed by atoms with Crippen LogP contribution in [0.5, 0.6) is 0 Å². The molecule has 0 saturated heterocycles. The van der Waals surface area contributed by atoms with Crippen LogP contribution in [0, 0.1) is 0 Å². The van der Waals surface area contributed by atoms with Crippen molar-refractivity contribution < 1.29 is 19.5 Å². The molecule has 0 spiro atoms. The number of carbonyl (C=O) groups excluding carboxylic acids is 2. The summed E-state index contributed by atoms with van der Waals surface area (Å²) in [6, 6.07) is -0.543. The number of nitrogens with zero attached hydrogens (tertiary/aromatic N) is 1. The Kier molecular flexibility index (Phi) is 4.93. The number of rotatable bonds is 3. The van der Waals surface area contributed by atoms with Gasteiger partial charge in [-0.15, -0.1) is 0 Å². The van der Waals surface area contributed by atoms with Crippen LogP contribution in [-0.2, 0) is 9.59 Å². The third-order valence-corrected chi connectivity index (χ3v) is 2.85. The Hall–Kier alpha value is -1.59. The van der Waals surface area contributed by atoms with Crippen molar-refractivity contribution in [3.8, 4) is 0 Å². The number of hydrogen-bond acceptors (Lipinski definition) is 3. The molecule has 0 unspecified atom stereocenters. The van der Waals surface area contributed by atoms with Gasteiger partial charge in [0.15, 0.2) is 0 Å². The van der Waals surface area contributed by atoms with E-state index in [1.807, 2.05) is 0 Å². The standard InChI is InChI=1S/C11H18N2O4/c1-8(14)13(7-10(15)16)11(17)12-9-5-3-2-4-6-9/h9H,2-7H2,1H3,(H,12,17)(H,15,16). The lowest BCUT2D eigenvalue weighted by Gasteiger charge is -2.26. The number of aliphatic carboxylic acids is 1. The average Bonchev–Trinajstić information content (AvgIpc) is 2.26. The van der Waals surface area contributed by atoms with E-state index < -0.39 is 24.5 Å². The minimum absolute atomic E-state index is 0.0619. The van der Waals surface area contributed by atoms with Crippen LogP contribution in [0.3, 0.4) is 0 Å². The molecule has 1 aliphatic rings. The number of imide groups is 1. The second-order valence-corrected chi connectivity index (χ2v) is 4.28. The highest BCUT2D eigenvalue weighted by molar-refractivity contribution is 5.96. The van der Waals surface area contributed by atoms with E-state index in [1.54, 1.807) is 0 Å². The summed E-state index contributed by atoms with van der Waals surface area (Å²) < 4.78 is 0. The fourth-order valence-electron chi connectivity index (χ4n) is 1.96. The number of amides is 3. The molecule has 0 radical (unpaired) electrons.